The number of hydrogen-bond acceptors (Lipinski definition) is 3. The molecule has 0 unspecified atom stereocenters. The van der Waals surface area contributed by atoms with Crippen molar-refractivity contribution in [3.05, 3.63) is 64.7 Å². The van der Waals surface area contributed by atoms with Crippen LogP contribution in [0.3, 0.4) is 0 Å². The predicted octanol–water partition coefficient (Wildman–Crippen LogP) is 5.12. The molecule has 3 heteroatoms. The quantitative estimate of drug-likeness (QED) is 0.574. The predicted molar refractivity (Wildman–Crippen MR) is 94.0 cm³/mol. The van der Waals surface area contributed by atoms with Crippen LogP contribution in [0.25, 0.3) is 0 Å². The summed E-state index contributed by atoms with van der Waals surface area (Å²) in [5.74, 6) is 1.50. The summed E-state index contributed by atoms with van der Waals surface area (Å²) in [7, 11) is 0. The third-order valence-electron chi connectivity index (χ3n) is 4.21. The van der Waals surface area contributed by atoms with Gasteiger partial charge >= 0.3 is 0 Å². The van der Waals surface area contributed by atoms with Gasteiger partial charge < -0.3 is 4.18 Å². The molecular weight excluding hydrogens is 290 g/mol. The highest BCUT2D eigenvalue weighted by atomic mass is 32.2. The van der Waals surface area contributed by atoms with Crippen molar-refractivity contribution in [2.45, 2.75) is 39.7 Å². The molecule has 0 N–H and O–H groups in total. The molecule has 0 fully saturated rings. The van der Waals surface area contributed by atoms with Gasteiger partial charge in [0.05, 0.1) is 0 Å². The van der Waals surface area contributed by atoms with E-state index in [0.717, 1.165) is 25.3 Å². The van der Waals surface area contributed by atoms with Gasteiger partial charge in [0, 0.05) is 13.1 Å². The normalized spacial score (nSPS) is 14.9. The Hall–Kier alpha value is -1.45. The van der Waals surface area contributed by atoms with Crippen LogP contribution in [0.15, 0.2) is 42.5 Å². The van der Waals surface area contributed by atoms with Gasteiger partial charge in [0.25, 0.3) is 0 Å². The summed E-state index contributed by atoms with van der Waals surface area (Å²) >= 11 is 1.48. The van der Waals surface area contributed by atoms with E-state index in [1.165, 1.54) is 34.5 Å². The SMILES string of the molecule is Cc1ccc(C(C)C)cc1OSN1CCc2ccccc2C1. The zero-order chi connectivity index (χ0) is 15.5. The van der Waals surface area contributed by atoms with Crippen molar-refractivity contribution >= 4 is 12.2 Å². The highest BCUT2D eigenvalue weighted by Crippen LogP contribution is 2.30. The number of benzene rings is 2. The second kappa shape index (κ2) is 6.76. The summed E-state index contributed by atoms with van der Waals surface area (Å²) in [5.41, 5.74) is 5.40. The van der Waals surface area contributed by atoms with E-state index in [1.54, 1.807) is 0 Å². The number of hydrogen-bond donors (Lipinski definition) is 0. The van der Waals surface area contributed by atoms with Crippen molar-refractivity contribution < 1.29 is 4.18 Å². The molecule has 0 radical (unpaired) electrons. The molecule has 0 saturated carbocycles. The van der Waals surface area contributed by atoms with Crippen LogP contribution in [-0.2, 0) is 13.0 Å². The van der Waals surface area contributed by atoms with Gasteiger partial charge in [0.15, 0.2) is 0 Å². The third-order valence-corrected chi connectivity index (χ3v) is 4.98. The molecule has 0 spiro atoms. The van der Waals surface area contributed by atoms with Crippen LogP contribution in [0.5, 0.6) is 5.75 Å². The average Bonchev–Trinajstić information content (AvgIpc) is 2.53. The molecule has 3 rings (SSSR count). The molecule has 22 heavy (non-hydrogen) atoms. The Morgan fingerprint density at radius 1 is 1.09 bits per heavy atom. The molecule has 0 saturated heterocycles. The van der Waals surface area contributed by atoms with Gasteiger partial charge in [0.1, 0.15) is 18.0 Å². The van der Waals surface area contributed by atoms with Crippen molar-refractivity contribution in [2.24, 2.45) is 0 Å². The number of aryl methyl sites for hydroxylation is 1. The van der Waals surface area contributed by atoms with Crippen molar-refractivity contribution in [2.75, 3.05) is 6.54 Å². The van der Waals surface area contributed by atoms with Gasteiger partial charge in [-0.2, -0.15) is 0 Å². The smallest absolute Gasteiger partial charge is 0.147 e. The Kier molecular flexibility index (Phi) is 4.74. The Morgan fingerprint density at radius 3 is 2.64 bits per heavy atom. The lowest BCUT2D eigenvalue weighted by molar-refractivity contribution is 0.417. The topological polar surface area (TPSA) is 12.5 Å². The van der Waals surface area contributed by atoms with Crippen molar-refractivity contribution in [3.63, 3.8) is 0 Å². The molecule has 1 aliphatic heterocycles. The van der Waals surface area contributed by atoms with Crippen molar-refractivity contribution in [1.29, 1.82) is 0 Å². The van der Waals surface area contributed by atoms with Crippen LogP contribution < -0.4 is 4.18 Å². The Bertz CT molecular complexity index is 654. The van der Waals surface area contributed by atoms with E-state index < -0.39 is 0 Å². The molecule has 2 aromatic rings. The van der Waals surface area contributed by atoms with Crippen LogP contribution in [0.2, 0.25) is 0 Å². The molecule has 0 aliphatic carbocycles. The lowest BCUT2D eigenvalue weighted by Crippen LogP contribution is -2.25. The van der Waals surface area contributed by atoms with Crippen LogP contribution in [0.1, 0.15) is 42.0 Å². The zero-order valence-electron chi connectivity index (χ0n) is 13.5. The van der Waals surface area contributed by atoms with E-state index in [4.69, 9.17) is 4.18 Å². The van der Waals surface area contributed by atoms with Gasteiger partial charge in [-0.25, -0.2) is 4.31 Å². The highest BCUT2D eigenvalue weighted by Gasteiger charge is 2.17. The fraction of sp³-hybridized carbons (Fsp3) is 0.368. The molecule has 2 aromatic carbocycles. The minimum atomic E-state index is 0.523. The van der Waals surface area contributed by atoms with Gasteiger partial charge in [-0.15, -0.1) is 0 Å². The first-order chi connectivity index (χ1) is 10.6. The van der Waals surface area contributed by atoms with Crippen molar-refractivity contribution in [1.82, 2.24) is 4.31 Å². The van der Waals surface area contributed by atoms with E-state index in [1.807, 2.05) is 0 Å². The van der Waals surface area contributed by atoms with Gasteiger partial charge in [-0.3, -0.25) is 0 Å². The summed E-state index contributed by atoms with van der Waals surface area (Å²) < 4.78 is 8.32. The Labute approximate surface area is 137 Å². The molecule has 0 bridgehead atoms. The molecular formula is C19H23NOS. The Balaban J connectivity index is 1.65. The summed E-state index contributed by atoms with van der Waals surface area (Å²) in [6.07, 6.45) is 1.09. The maximum absolute atomic E-state index is 6.02. The molecule has 2 nitrogen and oxygen atoms in total. The maximum Gasteiger partial charge on any atom is 0.147 e. The number of nitrogens with zero attached hydrogens (tertiary/aromatic N) is 1. The molecule has 1 heterocycles. The van der Waals surface area contributed by atoms with Crippen LogP contribution in [-0.4, -0.2) is 10.8 Å². The first-order valence-electron chi connectivity index (χ1n) is 7.90. The maximum atomic E-state index is 6.02. The van der Waals surface area contributed by atoms with E-state index in [9.17, 15) is 0 Å². The fourth-order valence-electron chi connectivity index (χ4n) is 2.69. The monoisotopic (exact) mass is 313 g/mol. The summed E-state index contributed by atoms with van der Waals surface area (Å²) in [6.45, 7) is 8.51. The number of fused-ring (bicyclic) bond motifs is 1. The fourth-order valence-corrected chi connectivity index (χ4v) is 3.41. The summed E-state index contributed by atoms with van der Waals surface area (Å²) in [6, 6.07) is 15.2. The minimum absolute atomic E-state index is 0.523. The molecule has 0 atom stereocenters. The average molecular weight is 313 g/mol. The number of rotatable bonds is 4. The zero-order valence-corrected chi connectivity index (χ0v) is 14.3. The van der Waals surface area contributed by atoms with Gasteiger partial charge in [-0.1, -0.05) is 50.2 Å². The largest absolute Gasteiger partial charge is 0.409 e. The van der Waals surface area contributed by atoms with Crippen LogP contribution >= 0.6 is 12.2 Å². The van der Waals surface area contributed by atoms with E-state index in [-0.39, 0.29) is 0 Å². The van der Waals surface area contributed by atoms with Gasteiger partial charge in [0.2, 0.25) is 0 Å². The van der Waals surface area contributed by atoms with E-state index >= 15 is 0 Å². The summed E-state index contributed by atoms with van der Waals surface area (Å²) in [5, 5.41) is 0. The lowest BCUT2D eigenvalue weighted by atomic mass is 10.0. The van der Waals surface area contributed by atoms with Crippen LogP contribution in [0.4, 0.5) is 0 Å². The van der Waals surface area contributed by atoms with Gasteiger partial charge in [-0.05, 0) is 47.6 Å². The minimum Gasteiger partial charge on any atom is -0.409 e. The molecule has 0 amide bonds. The first kappa shape index (κ1) is 15.4. The van der Waals surface area contributed by atoms with E-state index in [0.29, 0.717) is 5.92 Å². The first-order valence-corrected chi connectivity index (χ1v) is 8.60. The van der Waals surface area contributed by atoms with Crippen molar-refractivity contribution in [3.8, 4) is 5.75 Å². The Morgan fingerprint density at radius 2 is 1.86 bits per heavy atom. The molecule has 0 aromatic heterocycles. The second-order valence-electron chi connectivity index (χ2n) is 6.22. The van der Waals surface area contributed by atoms with E-state index in [2.05, 4.69) is 67.5 Å². The third kappa shape index (κ3) is 3.47. The molecule has 1 aliphatic rings. The lowest BCUT2D eigenvalue weighted by Gasteiger charge is -2.26. The van der Waals surface area contributed by atoms with Crippen LogP contribution in [0, 0.1) is 6.92 Å². The second-order valence-corrected chi connectivity index (χ2v) is 7.05. The summed E-state index contributed by atoms with van der Waals surface area (Å²) in [4.78, 5) is 0. The molecule has 116 valence electrons. The standard InChI is InChI=1S/C19H23NOS/c1-14(2)17-9-8-15(3)19(12-17)21-22-20-11-10-16-6-4-5-7-18(16)13-20/h4-9,12,14H,10-11,13H2,1-3H3. The highest BCUT2D eigenvalue weighted by molar-refractivity contribution is 7.92.